The fourth-order valence-electron chi connectivity index (χ4n) is 1.98. The lowest BCUT2D eigenvalue weighted by Gasteiger charge is -2.15. The maximum atomic E-state index is 13.1. The van der Waals surface area contributed by atoms with E-state index in [1.165, 1.54) is 12.1 Å². The number of nitrogens with zero attached hydrogens (tertiary/aromatic N) is 1. The van der Waals surface area contributed by atoms with Gasteiger partial charge in [-0.05, 0) is 22.9 Å². The maximum Gasteiger partial charge on any atom is 0.170 e. The summed E-state index contributed by atoms with van der Waals surface area (Å²) < 4.78 is 13.1. The van der Waals surface area contributed by atoms with Crippen LogP contribution in [-0.4, -0.2) is 5.84 Å². The van der Waals surface area contributed by atoms with Crippen molar-refractivity contribution in [2.75, 3.05) is 0 Å². The highest BCUT2D eigenvalue weighted by Crippen LogP contribution is 2.26. The van der Waals surface area contributed by atoms with Crippen LogP contribution in [0.3, 0.4) is 0 Å². The lowest BCUT2D eigenvalue weighted by atomic mass is 9.98. The first-order valence-corrected chi connectivity index (χ1v) is 4.92. The van der Waals surface area contributed by atoms with Crippen LogP contribution in [0.2, 0.25) is 0 Å². The van der Waals surface area contributed by atoms with Gasteiger partial charge in [-0.1, -0.05) is 23.4 Å². The number of benzene rings is 2. The molecule has 1 heterocycles. The van der Waals surface area contributed by atoms with Gasteiger partial charge in [-0.15, -0.1) is 0 Å². The Balaban J connectivity index is 2.36. The van der Waals surface area contributed by atoms with Crippen molar-refractivity contribution in [3.05, 3.63) is 47.3 Å². The molecule has 0 radical (unpaired) electrons. The van der Waals surface area contributed by atoms with E-state index in [1.807, 2.05) is 12.1 Å². The van der Waals surface area contributed by atoms with Gasteiger partial charge in [-0.3, -0.25) is 0 Å². The molecular weight excluding hydrogens is 207 g/mol. The maximum absolute atomic E-state index is 13.1. The van der Waals surface area contributed by atoms with E-state index in [9.17, 15) is 4.39 Å². The van der Waals surface area contributed by atoms with Gasteiger partial charge in [-0.2, -0.15) is 0 Å². The zero-order valence-electron chi connectivity index (χ0n) is 8.40. The van der Waals surface area contributed by atoms with E-state index < -0.39 is 0 Å². The Kier molecular flexibility index (Phi) is 1.83. The van der Waals surface area contributed by atoms with Gasteiger partial charge in [-0.25, -0.2) is 4.39 Å². The van der Waals surface area contributed by atoms with Crippen molar-refractivity contribution in [1.82, 2.24) is 0 Å². The molecule has 80 valence electrons. The highest BCUT2D eigenvalue weighted by molar-refractivity contribution is 6.03. The molecule has 0 saturated carbocycles. The molecule has 2 aromatic carbocycles. The van der Waals surface area contributed by atoms with Crippen LogP contribution in [0.25, 0.3) is 10.8 Å². The van der Waals surface area contributed by atoms with Crippen LogP contribution in [-0.2, 0) is 11.4 Å². The number of oxime groups is 1. The minimum absolute atomic E-state index is 0.245. The molecule has 0 aliphatic carbocycles. The Morgan fingerprint density at radius 1 is 1.25 bits per heavy atom. The summed E-state index contributed by atoms with van der Waals surface area (Å²) in [4.78, 5) is 5.02. The average Bonchev–Trinajstić information content (AvgIpc) is 2.28. The Hall–Kier alpha value is -2.10. The number of hydrogen-bond donors (Lipinski definition) is 1. The van der Waals surface area contributed by atoms with Gasteiger partial charge < -0.3 is 10.6 Å². The third kappa shape index (κ3) is 1.23. The third-order valence-corrected chi connectivity index (χ3v) is 2.74. The molecule has 1 aliphatic rings. The predicted octanol–water partition coefficient (Wildman–Crippen LogP) is 2.13. The number of hydrogen-bond acceptors (Lipinski definition) is 3. The van der Waals surface area contributed by atoms with Crippen LogP contribution in [0, 0.1) is 5.82 Å². The van der Waals surface area contributed by atoms with Gasteiger partial charge in [0.05, 0.1) is 0 Å². The number of amidine groups is 1. The van der Waals surface area contributed by atoms with Gasteiger partial charge >= 0.3 is 0 Å². The van der Waals surface area contributed by atoms with Crippen LogP contribution in [0.15, 0.2) is 35.5 Å². The van der Waals surface area contributed by atoms with E-state index in [0.717, 1.165) is 21.9 Å². The molecule has 0 saturated heterocycles. The minimum atomic E-state index is -0.245. The molecule has 1 aliphatic heterocycles. The Morgan fingerprint density at radius 3 is 3.00 bits per heavy atom. The average molecular weight is 216 g/mol. The smallest absolute Gasteiger partial charge is 0.170 e. The normalized spacial score (nSPS) is 14.2. The number of nitrogens with two attached hydrogens (primary N) is 1. The Morgan fingerprint density at radius 2 is 2.12 bits per heavy atom. The predicted molar refractivity (Wildman–Crippen MR) is 59.4 cm³/mol. The number of halogens is 1. The fraction of sp³-hybridized carbons (Fsp3) is 0.0833. The number of rotatable bonds is 0. The Bertz CT molecular complexity index is 607. The summed E-state index contributed by atoms with van der Waals surface area (Å²) in [5, 5.41) is 5.52. The molecule has 2 N–H and O–H groups in total. The van der Waals surface area contributed by atoms with E-state index in [1.54, 1.807) is 6.07 Å². The zero-order valence-corrected chi connectivity index (χ0v) is 8.40. The van der Waals surface area contributed by atoms with Gasteiger partial charge in [0.1, 0.15) is 12.4 Å². The third-order valence-electron chi connectivity index (χ3n) is 2.74. The van der Waals surface area contributed by atoms with Gasteiger partial charge in [0.15, 0.2) is 5.84 Å². The van der Waals surface area contributed by atoms with Crippen molar-refractivity contribution in [2.24, 2.45) is 10.9 Å². The van der Waals surface area contributed by atoms with Crippen LogP contribution < -0.4 is 5.73 Å². The first-order valence-electron chi connectivity index (χ1n) is 4.92. The van der Waals surface area contributed by atoms with Crippen molar-refractivity contribution in [2.45, 2.75) is 6.61 Å². The molecule has 0 atom stereocenters. The van der Waals surface area contributed by atoms with Gasteiger partial charge in [0.2, 0.25) is 0 Å². The van der Waals surface area contributed by atoms with Gasteiger partial charge in [0.25, 0.3) is 0 Å². The molecular formula is C12H9FN2O. The highest BCUT2D eigenvalue weighted by atomic mass is 19.1. The summed E-state index contributed by atoms with van der Waals surface area (Å²) in [6.07, 6.45) is 0. The standard InChI is InChI=1S/C12H9FN2O/c13-8-2-4-9-7(5-8)1-3-10-11(9)6-16-15-12(10)14/h1-5H,6H2,(H2,14,15). The second-order valence-electron chi connectivity index (χ2n) is 3.71. The Labute approximate surface area is 91.3 Å². The quantitative estimate of drug-likeness (QED) is 0.733. The van der Waals surface area contributed by atoms with Crippen molar-refractivity contribution in [3.63, 3.8) is 0 Å². The van der Waals surface area contributed by atoms with Gasteiger partial charge in [0, 0.05) is 11.1 Å². The summed E-state index contributed by atoms with van der Waals surface area (Å²) in [5.74, 6) is 0.123. The van der Waals surface area contributed by atoms with E-state index in [4.69, 9.17) is 10.6 Å². The van der Waals surface area contributed by atoms with E-state index >= 15 is 0 Å². The first-order chi connectivity index (χ1) is 7.75. The summed E-state index contributed by atoms with van der Waals surface area (Å²) >= 11 is 0. The molecule has 2 aromatic rings. The summed E-state index contributed by atoms with van der Waals surface area (Å²) in [7, 11) is 0. The zero-order chi connectivity index (χ0) is 11.1. The van der Waals surface area contributed by atoms with Crippen LogP contribution in [0.4, 0.5) is 4.39 Å². The monoisotopic (exact) mass is 216 g/mol. The van der Waals surface area contributed by atoms with Crippen molar-refractivity contribution in [3.8, 4) is 0 Å². The molecule has 0 spiro atoms. The van der Waals surface area contributed by atoms with Crippen LogP contribution >= 0.6 is 0 Å². The van der Waals surface area contributed by atoms with Crippen molar-refractivity contribution < 1.29 is 9.23 Å². The lowest BCUT2D eigenvalue weighted by Crippen LogP contribution is -2.20. The molecule has 4 heteroatoms. The minimum Gasteiger partial charge on any atom is -0.389 e. The van der Waals surface area contributed by atoms with Crippen LogP contribution in [0.1, 0.15) is 11.1 Å². The molecule has 0 bridgehead atoms. The molecule has 3 rings (SSSR count). The molecule has 3 nitrogen and oxygen atoms in total. The van der Waals surface area contributed by atoms with Crippen molar-refractivity contribution in [1.29, 1.82) is 0 Å². The first kappa shape index (κ1) is 9.15. The number of fused-ring (bicyclic) bond motifs is 3. The molecule has 0 amide bonds. The molecule has 0 fully saturated rings. The lowest BCUT2D eigenvalue weighted by molar-refractivity contribution is 0.126. The second-order valence-corrected chi connectivity index (χ2v) is 3.71. The van der Waals surface area contributed by atoms with E-state index in [2.05, 4.69) is 5.16 Å². The largest absolute Gasteiger partial charge is 0.389 e. The second kappa shape index (κ2) is 3.20. The molecule has 0 unspecified atom stereocenters. The SMILES string of the molecule is NC1=NOCc2c1ccc1cc(F)ccc21. The molecule has 16 heavy (non-hydrogen) atoms. The highest BCUT2D eigenvalue weighted by Gasteiger charge is 2.15. The molecule has 0 aromatic heterocycles. The van der Waals surface area contributed by atoms with E-state index in [-0.39, 0.29) is 5.82 Å². The van der Waals surface area contributed by atoms with Crippen molar-refractivity contribution >= 4 is 16.6 Å². The summed E-state index contributed by atoms with van der Waals surface area (Å²) in [6.45, 7) is 0.374. The van der Waals surface area contributed by atoms with Crippen LogP contribution in [0.5, 0.6) is 0 Å². The summed E-state index contributed by atoms with van der Waals surface area (Å²) in [5.41, 5.74) is 7.55. The summed E-state index contributed by atoms with van der Waals surface area (Å²) in [6, 6.07) is 8.36. The van der Waals surface area contributed by atoms with E-state index in [0.29, 0.717) is 12.4 Å². The fourth-order valence-corrected chi connectivity index (χ4v) is 1.98. The topological polar surface area (TPSA) is 47.6 Å².